The molecule has 0 spiro atoms. The Morgan fingerprint density at radius 2 is 2.57 bits per heavy atom. The van der Waals surface area contributed by atoms with Crippen molar-refractivity contribution in [3.05, 3.63) is 18.6 Å². The van der Waals surface area contributed by atoms with Crippen LogP contribution in [0.25, 0.3) is 11.0 Å². The Hall–Kier alpha value is -2.62. The molecule has 120 valence electrons. The van der Waals surface area contributed by atoms with Gasteiger partial charge >= 0.3 is 0 Å². The second-order valence-corrected chi connectivity index (χ2v) is 5.77. The molecule has 23 heavy (non-hydrogen) atoms. The van der Waals surface area contributed by atoms with Gasteiger partial charge in [-0.1, -0.05) is 6.92 Å². The average Bonchev–Trinajstić information content (AvgIpc) is 3.04. The summed E-state index contributed by atoms with van der Waals surface area (Å²) in [5, 5.41) is 9.30. The number of rotatable bonds is 3. The van der Waals surface area contributed by atoms with Crippen LogP contribution in [0.2, 0.25) is 0 Å². The molecule has 0 unspecified atom stereocenters. The van der Waals surface area contributed by atoms with E-state index >= 15 is 0 Å². The van der Waals surface area contributed by atoms with Crippen LogP contribution >= 0.6 is 0 Å². The van der Waals surface area contributed by atoms with E-state index in [4.69, 9.17) is 10.7 Å². The zero-order chi connectivity index (χ0) is 19.8. The van der Waals surface area contributed by atoms with Crippen LogP contribution in [0, 0.1) is 17.2 Å². The lowest BCUT2D eigenvalue weighted by Crippen LogP contribution is -2.52. The van der Waals surface area contributed by atoms with E-state index in [9.17, 15) is 4.79 Å². The van der Waals surface area contributed by atoms with Crippen molar-refractivity contribution in [2.75, 3.05) is 25.0 Å². The van der Waals surface area contributed by atoms with Gasteiger partial charge in [0.1, 0.15) is 25.6 Å². The topological polar surface area (TPSA) is 88.9 Å². The molecule has 7 heteroatoms. The highest BCUT2D eigenvalue weighted by Gasteiger charge is 2.32. The highest BCUT2D eigenvalue weighted by Crippen LogP contribution is 2.28. The smallest absolute Gasteiger partial charge is 0.236 e. The molecular formula is C16H20N6O. The Labute approximate surface area is 140 Å². The third-order valence-electron chi connectivity index (χ3n) is 4.35. The molecule has 2 atom stereocenters. The van der Waals surface area contributed by atoms with Gasteiger partial charge in [0.25, 0.3) is 0 Å². The lowest BCUT2D eigenvalue weighted by Gasteiger charge is -2.42. The number of piperidine rings is 1. The lowest BCUT2D eigenvalue weighted by molar-refractivity contribution is -0.131. The number of aromatic nitrogens is 3. The first-order valence-corrected chi connectivity index (χ1v) is 7.48. The van der Waals surface area contributed by atoms with E-state index in [0.717, 1.165) is 0 Å². The number of likely N-dealkylation sites (N-methyl/N-ethyl adjacent to an activating group) is 1. The molecule has 7 nitrogen and oxygen atoms in total. The molecule has 1 fully saturated rings. The molecule has 1 N–H and O–H groups in total. The maximum absolute atomic E-state index is 12.2. The lowest BCUT2D eigenvalue weighted by atomic mass is 9.92. The maximum Gasteiger partial charge on any atom is 0.236 e. The number of hydrogen-bond donors (Lipinski definition) is 1. The second kappa shape index (κ2) is 6.24. The van der Waals surface area contributed by atoms with E-state index in [2.05, 4.69) is 15.0 Å². The average molecular weight is 316 g/mol. The van der Waals surface area contributed by atoms with Crippen molar-refractivity contribution in [3.63, 3.8) is 0 Å². The first-order valence-electron chi connectivity index (χ1n) is 9.48. The fourth-order valence-corrected chi connectivity index (χ4v) is 2.95. The number of hydrogen-bond acceptors (Lipinski definition) is 5. The third-order valence-corrected chi connectivity index (χ3v) is 4.35. The maximum atomic E-state index is 12.2. The number of aromatic amines is 1. The van der Waals surface area contributed by atoms with Crippen LogP contribution < -0.4 is 4.90 Å². The number of nitriles is 1. The monoisotopic (exact) mass is 316 g/mol. The standard InChI is InChI=1S/C16H20N6O/c1-11-5-8-22(14(23)3-6-17)9-13(11)21(2)16-12-4-7-18-15(12)19-10-20-16/h4,7,10-11,13H,3,5,8-9H2,1-2H3,(H,18,19,20)/t11-,13-/m1/s1/i2D3,10D. The van der Waals surface area contributed by atoms with E-state index in [1.165, 1.54) is 9.80 Å². The zero-order valence-electron chi connectivity index (χ0n) is 16.8. The van der Waals surface area contributed by atoms with Crippen LogP contribution in [0.15, 0.2) is 18.6 Å². The molecule has 0 saturated carbocycles. The summed E-state index contributed by atoms with van der Waals surface area (Å²) >= 11 is 0. The quantitative estimate of drug-likeness (QED) is 0.928. The van der Waals surface area contributed by atoms with Gasteiger partial charge in [0, 0.05) is 30.4 Å². The highest BCUT2D eigenvalue weighted by molar-refractivity contribution is 5.87. The predicted octanol–water partition coefficient (Wildman–Crippen LogP) is 1.54. The molecule has 0 aliphatic carbocycles. The first-order chi connectivity index (χ1) is 12.7. The van der Waals surface area contributed by atoms with Crippen molar-refractivity contribution < 1.29 is 10.3 Å². The van der Waals surface area contributed by atoms with Gasteiger partial charge in [-0.3, -0.25) is 4.79 Å². The predicted molar refractivity (Wildman–Crippen MR) is 86.7 cm³/mol. The summed E-state index contributed by atoms with van der Waals surface area (Å²) in [5.41, 5.74) is 0.389. The minimum absolute atomic E-state index is 0.0188. The van der Waals surface area contributed by atoms with E-state index in [-0.39, 0.29) is 36.9 Å². The summed E-state index contributed by atoms with van der Waals surface area (Å²) in [5.74, 6) is -0.178. The van der Waals surface area contributed by atoms with Crippen LogP contribution in [0.1, 0.15) is 25.2 Å². The molecule has 2 aromatic rings. The summed E-state index contributed by atoms with van der Waals surface area (Å²) in [7, 11) is 0. The van der Waals surface area contributed by atoms with E-state index in [0.29, 0.717) is 24.0 Å². The van der Waals surface area contributed by atoms with Crippen molar-refractivity contribution in [1.29, 1.82) is 5.26 Å². The fraction of sp³-hybridized carbons (Fsp3) is 0.500. The second-order valence-electron chi connectivity index (χ2n) is 5.77. The number of likely N-dealkylation sites (tertiary alicyclic amines) is 1. The molecule has 2 aromatic heterocycles. The normalized spacial score (nSPS) is 24.3. The Kier molecular flexibility index (Phi) is 2.99. The first kappa shape index (κ1) is 11.0. The number of H-pyrrole nitrogens is 1. The zero-order valence-corrected chi connectivity index (χ0v) is 12.8. The van der Waals surface area contributed by atoms with E-state index in [1.54, 1.807) is 12.3 Å². The summed E-state index contributed by atoms with van der Waals surface area (Å²) < 4.78 is 32.1. The summed E-state index contributed by atoms with van der Waals surface area (Å²) in [6.07, 6.45) is 1.72. The molecule has 1 aliphatic rings. The van der Waals surface area contributed by atoms with Crippen LogP contribution in [0.4, 0.5) is 5.82 Å². The summed E-state index contributed by atoms with van der Waals surface area (Å²) in [6.45, 7) is 0.0845. The Morgan fingerprint density at radius 1 is 1.70 bits per heavy atom. The van der Waals surface area contributed by atoms with Crippen molar-refractivity contribution >= 4 is 22.8 Å². The van der Waals surface area contributed by atoms with Gasteiger partial charge in [0.05, 0.1) is 17.5 Å². The summed E-state index contributed by atoms with van der Waals surface area (Å²) in [4.78, 5) is 25.9. The third kappa shape index (κ3) is 2.84. The number of carbonyl (C=O) groups excluding carboxylic acids is 1. The molecule has 1 amide bonds. The number of amides is 1. The van der Waals surface area contributed by atoms with Gasteiger partial charge in [-0.05, 0) is 18.4 Å². The fourth-order valence-electron chi connectivity index (χ4n) is 2.95. The Balaban J connectivity index is 2.05. The molecule has 1 saturated heterocycles. The van der Waals surface area contributed by atoms with Crippen molar-refractivity contribution in [3.8, 4) is 6.07 Å². The molecule has 3 rings (SSSR count). The van der Waals surface area contributed by atoms with Gasteiger partial charge in [0.2, 0.25) is 5.91 Å². The molecule has 0 radical (unpaired) electrons. The Morgan fingerprint density at radius 3 is 3.35 bits per heavy atom. The Bertz CT molecular complexity index is 889. The van der Waals surface area contributed by atoms with Gasteiger partial charge in [-0.25, -0.2) is 9.97 Å². The van der Waals surface area contributed by atoms with Gasteiger partial charge in [0.15, 0.2) is 0 Å². The molecule has 1 aliphatic heterocycles. The molecule has 3 heterocycles. The minimum atomic E-state index is -2.52. The summed E-state index contributed by atoms with van der Waals surface area (Å²) in [6, 6.07) is 2.99. The minimum Gasteiger partial charge on any atom is -0.354 e. The van der Waals surface area contributed by atoms with E-state index < -0.39 is 13.0 Å². The number of anilines is 1. The molecule has 0 aromatic carbocycles. The van der Waals surface area contributed by atoms with Crippen molar-refractivity contribution in [2.45, 2.75) is 25.8 Å². The number of fused-ring (bicyclic) bond motifs is 1. The number of nitrogens with zero attached hydrogens (tertiary/aromatic N) is 5. The number of carbonyl (C=O) groups is 1. The number of nitrogens with one attached hydrogen (secondary N) is 1. The SMILES string of the molecule is [2H]c1nc(N([C@@H]2CN(C(=O)CC#N)CC[C@H]2C)C([2H])([2H])[2H])c2cc[nH]c2n1. The van der Waals surface area contributed by atoms with Crippen LogP contribution in [0.3, 0.4) is 0 Å². The van der Waals surface area contributed by atoms with Crippen molar-refractivity contribution in [1.82, 2.24) is 19.9 Å². The van der Waals surface area contributed by atoms with Crippen LogP contribution in [0.5, 0.6) is 0 Å². The van der Waals surface area contributed by atoms with Crippen LogP contribution in [-0.4, -0.2) is 51.9 Å². The molecular weight excluding hydrogens is 292 g/mol. The van der Waals surface area contributed by atoms with Crippen LogP contribution in [-0.2, 0) is 4.79 Å². The highest BCUT2D eigenvalue weighted by atomic mass is 16.2. The largest absolute Gasteiger partial charge is 0.354 e. The van der Waals surface area contributed by atoms with Gasteiger partial charge in [-0.2, -0.15) is 5.26 Å². The molecule has 0 bridgehead atoms. The van der Waals surface area contributed by atoms with Crippen molar-refractivity contribution in [2.24, 2.45) is 5.92 Å². The van der Waals surface area contributed by atoms with Gasteiger partial charge in [-0.15, -0.1) is 0 Å². The van der Waals surface area contributed by atoms with Gasteiger partial charge < -0.3 is 14.8 Å². The van der Waals surface area contributed by atoms with E-state index in [1.807, 2.05) is 13.0 Å².